The highest BCUT2D eigenvalue weighted by atomic mass is 16.5. The van der Waals surface area contributed by atoms with Crippen LogP contribution in [0.1, 0.15) is 44.6 Å². The van der Waals surface area contributed by atoms with Crippen LogP contribution in [0.2, 0.25) is 0 Å². The van der Waals surface area contributed by atoms with Gasteiger partial charge in [0.2, 0.25) is 5.91 Å². The normalized spacial score (nSPS) is 15.1. The van der Waals surface area contributed by atoms with Crippen molar-refractivity contribution >= 4 is 11.9 Å². The summed E-state index contributed by atoms with van der Waals surface area (Å²) in [6, 6.07) is 5.96. The van der Waals surface area contributed by atoms with Gasteiger partial charge < -0.3 is 25.4 Å². The number of nitrogens with one attached hydrogen (secondary N) is 3. The number of carbonyl (C=O) groups is 1. The van der Waals surface area contributed by atoms with Crippen LogP contribution >= 0.6 is 0 Å². The molecule has 1 aromatic rings. The van der Waals surface area contributed by atoms with Crippen molar-refractivity contribution in [3.8, 4) is 11.5 Å². The summed E-state index contributed by atoms with van der Waals surface area (Å²) >= 11 is 0. The number of benzene rings is 1. The molecule has 1 saturated carbocycles. The number of hydrogen-bond acceptors (Lipinski definition) is 4. The molecule has 150 valence electrons. The van der Waals surface area contributed by atoms with E-state index in [-0.39, 0.29) is 12.5 Å². The Morgan fingerprint density at radius 1 is 1.15 bits per heavy atom. The molecule has 0 heterocycles. The Bertz CT molecular complexity index is 628. The molecule has 7 heteroatoms. The zero-order valence-electron chi connectivity index (χ0n) is 16.6. The molecule has 0 aromatic heterocycles. The van der Waals surface area contributed by atoms with Gasteiger partial charge >= 0.3 is 0 Å². The van der Waals surface area contributed by atoms with Gasteiger partial charge in [-0.15, -0.1) is 0 Å². The van der Waals surface area contributed by atoms with Gasteiger partial charge in [-0.25, -0.2) is 4.99 Å². The van der Waals surface area contributed by atoms with Crippen molar-refractivity contribution in [3.05, 3.63) is 23.8 Å². The van der Waals surface area contributed by atoms with E-state index in [1.807, 2.05) is 25.1 Å². The number of ether oxygens (including phenoxy) is 2. The highest BCUT2D eigenvalue weighted by Crippen LogP contribution is 2.25. The molecule has 27 heavy (non-hydrogen) atoms. The molecule has 1 aromatic carbocycles. The fourth-order valence-electron chi connectivity index (χ4n) is 3.18. The molecule has 0 spiro atoms. The van der Waals surface area contributed by atoms with Crippen LogP contribution in [-0.4, -0.2) is 45.2 Å². The molecule has 2 rings (SSSR count). The minimum absolute atomic E-state index is 0.00883. The highest BCUT2D eigenvalue weighted by Gasteiger charge is 2.15. The van der Waals surface area contributed by atoms with Crippen LogP contribution in [0, 0.1) is 0 Å². The molecule has 0 saturated heterocycles. The largest absolute Gasteiger partial charge is 0.497 e. The minimum atomic E-state index is 0.00883. The Labute approximate surface area is 161 Å². The maximum absolute atomic E-state index is 12.2. The number of amides is 1. The Kier molecular flexibility index (Phi) is 8.74. The van der Waals surface area contributed by atoms with Gasteiger partial charge in [0, 0.05) is 24.2 Å². The van der Waals surface area contributed by atoms with Crippen molar-refractivity contribution < 1.29 is 14.3 Å². The first-order chi connectivity index (χ1) is 13.2. The number of guanidine groups is 1. The predicted octanol–water partition coefficient (Wildman–Crippen LogP) is 2.21. The first kappa shape index (κ1) is 20.9. The Hall–Kier alpha value is -2.44. The summed E-state index contributed by atoms with van der Waals surface area (Å²) in [4.78, 5) is 16.7. The van der Waals surface area contributed by atoms with E-state index in [0.717, 1.165) is 36.4 Å². The van der Waals surface area contributed by atoms with E-state index in [2.05, 4.69) is 20.9 Å². The van der Waals surface area contributed by atoms with Crippen LogP contribution in [0.5, 0.6) is 11.5 Å². The smallest absolute Gasteiger partial charge is 0.239 e. The fraction of sp³-hybridized carbons (Fsp3) is 0.600. The van der Waals surface area contributed by atoms with E-state index in [4.69, 9.17) is 9.47 Å². The Morgan fingerprint density at radius 2 is 1.93 bits per heavy atom. The average Bonchev–Trinajstić information content (AvgIpc) is 2.70. The lowest BCUT2D eigenvalue weighted by atomic mass is 9.95. The topological polar surface area (TPSA) is 84.0 Å². The van der Waals surface area contributed by atoms with E-state index in [1.165, 1.54) is 19.3 Å². The van der Waals surface area contributed by atoms with E-state index in [0.29, 0.717) is 18.5 Å². The van der Waals surface area contributed by atoms with Gasteiger partial charge in [-0.1, -0.05) is 19.3 Å². The molecule has 7 nitrogen and oxygen atoms in total. The first-order valence-electron chi connectivity index (χ1n) is 9.68. The number of rotatable bonds is 8. The van der Waals surface area contributed by atoms with Gasteiger partial charge in [-0.05, 0) is 31.9 Å². The van der Waals surface area contributed by atoms with Crippen molar-refractivity contribution in [2.75, 3.05) is 27.3 Å². The van der Waals surface area contributed by atoms with E-state index < -0.39 is 0 Å². The zero-order chi connectivity index (χ0) is 19.5. The lowest BCUT2D eigenvalue weighted by Crippen LogP contribution is -2.46. The van der Waals surface area contributed by atoms with Crippen molar-refractivity contribution in [2.45, 2.75) is 51.6 Å². The second-order valence-corrected chi connectivity index (χ2v) is 6.63. The lowest BCUT2D eigenvalue weighted by Gasteiger charge is -2.23. The summed E-state index contributed by atoms with van der Waals surface area (Å²) in [7, 11) is 3.25. The van der Waals surface area contributed by atoms with Gasteiger partial charge in [0.1, 0.15) is 11.5 Å². The van der Waals surface area contributed by atoms with Crippen LogP contribution in [0.25, 0.3) is 0 Å². The molecular formula is C20H32N4O3. The number of carbonyl (C=O) groups excluding carboxylic acids is 1. The second-order valence-electron chi connectivity index (χ2n) is 6.63. The molecule has 0 aliphatic heterocycles. The maximum Gasteiger partial charge on any atom is 0.239 e. The summed E-state index contributed by atoms with van der Waals surface area (Å²) in [5.74, 6) is 2.08. The molecule has 1 aliphatic rings. The first-order valence-corrected chi connectivity index (χ1v) is 9.68. The van der Waals surface area contributed by atoms with Crippen molar-refractivity contribution in [2.24, 2.45) is 4.99 Å². The second kappa shape index (κ2) is 11.3. The quantitative estimate of drug-likeness (QED) is 0.479. The van der Waals surface area contributed by atoms with E-state index >= 15 is 0 Å². The molecule has 1 fully saturated rings. The number of nitrogens with zero attached hydrogens (tertiary/aromatic N) is 1. The summed E-state index contributed by atoms with van der Waals surface area (Å²) in [6.45, 7) is 3.36. The zero-order valence-corrected chi connectivity index (χ0v) is 16.6. The van der Waals surface area contributed by atoms with Crippen LogP contribution in [0.15, 0.2) is 23.2 Å². The van der Waals surface area contributed by atoms with Crippen molar-refractivity contribution in [3.63, 3.8) is 0 Å². The molecule has 0 unspecified atom stereocenters. The highest BCUT2D eigenvalue weighted by molar-refractivity contribution is 5.86. The van der Waals surface area contributed by atoms with Gasteiger partial charge in [-0.2, -0.15) is 0 Å². The third kappa shape index (κ3) is 7.00. The summed E-state index contributed by atoms with van der Waals surface area (Å²) in [6.07, 6.45) is 5.84. The molecule has 0 radical (unpaired) electrons. The third-order valence-corrected chi connectivity index (χ3v) is 4.63. The number of hydrogen-bond donors (Lipinski definition) is 3. The minimum Gasteiger partial charge on any atom is -0.497 e. The van der Waals surface area contributed by atoms with Gasteiger partial charge in [0.15, 0.2) is 5.96 Å². The van der Waals surface area contributed by atoms with Crippen LogP contribution in [-0.2, 0) is 11.3 Å². The van der Waals surface area contributed by atoms with Crippen LogP contribution in [0.3, 0.4) is 0 Å². The number of aliphatic imine (C=N–C) groups is 1. The van der Waals surface area contributed by atoms with Crippen LogP contribution < -0.4 is 25.4 Å². The average molecular weight is 377 g/mol. The van der Waals surface area contributed by atoms with E-state index in [9.17, 15) is 4.79 Å². The summed E-state index contributed by atoms with van der Waals surface area (Å²) < 4.78 is 10.6. The summed E-state index contributed by atoms with van der Waals surface area (Å²) in [5, 5.41) is 9.37. The standard InChI is InChI=1S/C20H32N4O3/c1-4-21-20(23-14-19(25)24-16-8-6-5-7-9-16)22-13-15-10-11-17(26-2)12-18(15)27-3/h10-12,16H,4-9,13-14H2,1-3H3,(H,24,25)(H2,21,22,23). The van der Waals surface area contributed by atoms with Crippen molar-refractivity contribution in [1.82, 2.24) is 16.0 Å². The van der Waals surface area contributed by atoms with Gasteiger partial charge in [0.25, 0.3) is 0 Å². The third-order valence-electron chi connectivity index (χ3n) is 4.63. The molecule has 1 aliphatic carbocycles. The maximum atomic E-state index is 12.2. The van der Waals surface area contributed by atoms with Gasteiger partial charge in [0.05, 0.1) is 27.3 Å². The van der Waals surface area contributed by atoms with Crippen molar-refractivity contribution in [1.29, 1.82) is 0 Å². The molecule has 0 atom stereocenters. The monoisotopic (exact) mass is 376 g/mol. The van der Waals surface area contributed by atoms with E-state index in [1.54, 1.807) is 14.2 Å². The SMILES string of the molecule is CCNC(=NCc1ccc(OC)cc1OC)NCC(=O)NC1CCCCC1. The number of methoxy groups -OCH3 is 2. The molecule has 1 amide bonds. The Balaban J connectivity index is 1.90. The molecular weight excluding hydrogens is 344 g/mol. The fourth-order valence-corrected chi connectivity index (χ4v) is 3.18. The summed E-state index contributed by atoms with van der Waals surface area (Å²) in [5.41, 5.74) is 0.946. The lowest BCUT2D eigenvalue weighted by molar-refractivity contribution is -0.120. The molecule has 0 bridgehead atoms. The molecule has 3 N–H and O–H groups in total. The Morgan fingerprint density at radius 3 is 2.59 bits per heavy atom. The predicted molar refractivity (Wildman–Crippen MR) is 107 cm³/mol. The van der Waals surface area contributed by atoms with Gasteiger partial charge in [-0.3, -0.25) is 4.79 Å². The van der Waals surface area contributed by atoms with Crippen LogP contribution in [0.4, 0.5) is 0 Å².